The molecule has 9 heteroatoms. The Morgan fingerprint density at radius 2 is 2.00 bits per heavy atom. The molecule has 0 radical (unpaired) electrons. The number of hydrogen-bond acceptors (Lipinski definition) is 6. The molecule has 2 amide bonds. The Hall–Kier alpha value is -3.75. The number of imidazole rings is 1. The van der Waals surface area contributed by atoms with Gasteiger partial charge in [-0.1, -0.05) is 25.5 Å². The fraction of sp³-hybridized carbons (Fsp3) is 0.250. The highest BCUT2D eigenvalue weighted by atomic mass is 16.5. The number of nitrogens with zero attached hydrogens (tertiary/aromatic N) is 3. The Balaban J connectivity index is 2.02. The van der Waals surface area contributed by atoms with Crippen molar-refractivity contribution in [1.29, 1.82) is 0 Å². The lowest BCUT2D eigenvalue weighted by Gasteiger charge is -2.12. The molecule has 3 aromatic rings. The van der Waals surface area contributed by atoms with E-state index in [1.165, 1.54) is 23.7 Å². The number of carbonyl (C=O) groups excluding carboxylic acids is 3. The first-order valence-corrected chi connectivity index (χ1v) is 9.16. The summed E-state index contributed by atoms with van der Waals surface area (Å²) in [6, 6.07) is 8.14. The summed E-state index contributed by atoms with van der Waals surface area (Å²) >= 11 is 0. The number of aromatic nitrogens is 3. The van der Waals surface area contributed by atoms with Crippen molar-refractivity contribution >= 4 is 29.2 Å². The first-order valence-electron chi connectivity index (χ1n) is 9.16. The Kier molecular flexibility index (Phi) is 5.87. The number of ether oxygens (including phenoxy) is 1. The Bertz CT molecular complexity index is 1090. The van der Waals surface area contributed by atoms with Crippen LogP contribution in [0.5, 0.6) is 5.75 Å². The minimum absolute atomic E-state index is 0.0270. The van der Waals surface area contributed by atoms with Crippen molar-refractivity contribution in [2.75, 3.05) is 5.32 Å². The zero-order valence-corrected chi connectivity index (χ0v) is 16.1. The summed E-state index contributed by atoms with van der Waals surface area (Å²) in [6.07, 6.45) is 3.90. The van der Waals surface area contributed by atoms with Crippen LogP contribution in [0.4, 0.5) is 5.82 Å². The number of amides is 2. The number of esters is 1. The van der Waals surface area contributed by atoms with E-state index in [4.69, 9.17) is 10.5 Å². The molecule has 29 heavy (non-hydrogen) atoms. The molecule has 9 nitrogen and oxygen atoms in total. The van der Waals surface area contributed by atoms with Gasteiger partial charge in [-0.15, -0.1) is 0 Å². The Morgan fingerprint density at radius 1 is 1.24 bits per heavy atom. The third-order valence-electron chi connectivity index (χ3n) is 4.20. The molecule has 1 aromatic carbocycles. The average Bonchev–Trinajstić information content (AvgIpc) is 3.10. The van der Waals surface area contributed by atoms with Crippen molar-refractivity contribution in [2.45, 2.75) is 33.1 Å². The Labute approximate surface area is 166 Å². The maximum Gasteiger partial charge on any atom is 0.308 e. The van der Waals surface area contributed by atoms with Crippen LogP contribution in [-0.4, -0.2) is 32.2 Å². The highest BCUT2D eigenvalue weighted by molar-refractivity contribution is 6.06. The third-order valence-corrected chi connectivity index (χ3v) is 4.20. The number of primary amides is 1. The van der Waals surface area contributed by atoms with Gasteiger partial charge < -0.3 is 15.8 Å². The predicted molar refractivity (Wildman–Crippen MR) is 106 cm³/mol. The van der Waals surface area contributed by atoms with Crippen LogP contribution in [0, 0.1) is 0 Å². The number of para-hydroxylation sites is 1. The van der Waals surface area contributed by atoms with Crippen LogP contribution < -0.4 is 15.8 Å². The SMILES string of the molecule is CCCCc1cc(NC(=O)c2ccccc2OC(C)=O)n2cnc(C(N)=O)c2n1. The van der Waals surface area contributed by atoms with E-state index < -0.39 is 17.8 Å². The number of unbranched alkanes of at least 4 members (excludes halogenated alkanes) is 1. The van der Waals surface area contributed by atoms with Crippen molar-refractivity contribution in [3.63, 3.8) is 0 Å². The quantitative estimate of drug-likeness (QED) is 0.467. The molecule has 0 aliphatic carbocycles. The first-order chi connectivity index (χ1) is 13.9. The number of fused-ring (bicyclic) bond motifs is 1. The van der Waals surface area contributed by atoms with Crippen LogP contribution in [-0.2, 0) is 11.2 Å². The summed E-state index contributed by atoms with van der Waals surface area (Å²) in [6.45, 7) is 3.32. The molecule has 0 bridgehead atoms. The van der Waals surface area contributed by atoms with Gasteiger partial charge in [0.25, 0.3) is 11.8 Å². The lowest BCUT2D eigenvalue weighted by molar-refractivity contribution is -0.131. The molecule has 3 rings (SSSR count). The van der Waals surface area contributed by atoms with Gasteiger partial charge in [-0.05, 0) is 25.0 Å². The second kappa shape index (κ2) is 8.51. The summed E-state index contributed by atoms with van der Waals surface area (Å²) in [4.78, 5) is 44.4. The zero-order chi connectivity index (χ0) is 21.0. The number of carbonyl (C=O) groups is 3. The molecule has 0 aliphatic heterocycles. The van der Waals surface area contributed by atoms with Crippen LogP contribution in [0.1, 0.15) is 53.2 Å². The van der Waals surface area contributed by atoms with E-state index >= 15 is 0 Å². The summed E-state index contributed by atoms with van der Waals surface area (Å²) in [5.74, 6) is -1.18. The smallest absolute Gasteiger partial charge is 0.308 e. The number of rotatable bonds is 7. The highest BCUT2D eigenvalue weighted by Gasteiger charge is 2.19. The van der Waals surface area contributed by atoms with Crippen molar-refractivity contribution in [2.24, 2.45) is 5.73 Å². The largest absolute Gasteiger partial charge is 0.426 e. The minimum atomic E-state index is -0.704. The highest BCUT2D eigenvalue weighted by Crippen LogP contribution is 2.22. The van der Waals surface area contributed by atoms with Gasteiger partial charge in [0.2, 0.25) is 0 Å². The van der Waals surface area contributed by atoms with E-state index in [2.05, 4.69) is 22.2 Å². The van der Waals surface area contributed by atoms with Gasteiger partial charge in [0.15, 0.2) is 11.3 Å². The molecule has 150 valence electrons. The van der Waals surface area contributed by atoms with Gasteiger partial charge in [-0.25, -0.2) is 9.97 Å². The number of benzene rings is 1. The fourth-order valence-electron chi connectivity index (χ4n) is 2.86. The summed E-state index contributed by atoms with van der Waals surface area (Å²) in [5, 5.41) is 2.78. The first kappa shape index (κ1) is 20.0. The number of aryl methyl sites for hydroxylation is 1. The summed E-state index contributed by atoms with van der Waals surface area (Å²) in [7, 11) is 0. The number of anilines is 1. The number of hydrogen-bond donors (Lipinski definition) is 2. The average molecular weight is 395 g/mol. The summed E-state index contributed by atoms with van der Waals surface area (Å²) in [5.41, 5.74) is 6.58. The molecule has 2 heterocycles. The van der Waals surface area contributed by atoms with Gasteiger partial charge >= 0.3 is 5.97 Å². The number of nitrogens with two attached hydrogens (primary N) is 1. The van der Waals surface area contributed by atoms with E-state index in [0.29, 0.717) is 17.9 Å². The topological polar surface area (TPSA) is 129 Å². The molecule has 0 aliphatic rings. The van der Waals surface area contributed by atoms with Crippen molar-refractivity contribution < 1.29 is 19.1 Å². The maximum absolute atomic E-state index is 12.9. The lowest BCUT2D eigenvalue weighted by Crippen LogP contribution is -2.18. The molecule has 0 saturated heterocycles. The van der Waals surface area contributed by atoms with Gasteiger partial charge in [-0.3, -0.25) is 18.8 Å². The van der Waals surface area contributed by atoms with Crippen LogP contribution >= 0.6 is 0 Å². The fourth-order valence-corrected chi connectivity index (χ4v) is 2.86. The van der Waals surface area contributed by atoms with Crippen LogP contribution in [0.2, 0.25) is 0 Å². The van der Waals surface area contributed by atoms with Crippen LogP contribution in [0.3, 0.4) is 0 Å². The molecule has 3 N–H and O–H groups in total. The standard InChI is InChI=1S/C20H21N5O4/c1-3-4-7-13-10-16(25-11-22-17(18(21)27)19(25)23-13)24-20(28)14-8-5-6-9-15(14)29-12(2)26/h5-6,8-11H,3-4,7H2,1-2H3,(H2,21,27)(H,24,28). The lowest BCUT2D eigenvalue weighted by atomic mass is 10.1. The van der Waals surface area contributed by atoms with Crippen LogP contribution in [0.25, 0.3) is 5.65 Å². The number of nitrogens with one attached hydrogen (secondary N) is 1. The van der Waals surface area contributed by atoms with Crippen molar-refractivity contribution in [3.8, 4) is 5.75 Å². The zero-order valence-electron chi connectivity index (χ0n) is 16.1. The van der Waals surface area contributed by atoms with E-state index in [0.717, 1.165) is 12.8 Å². The molecule has 0 saturated carbocycles. The maximum atomic E-state index is 12.9. The molecule has 0 atom stereocenters. The molecule has 0 unspecified atom stereocenters. The predicted octanol–water partition coefficient (Wildman–Crippen LogP) is 2.35. The van der Waals surface area contributed by atoms with E-state index in [-0.39, 0.29) is 22.7 Å². The minimum Gasteiger partial charge on any atom is -0.426 e. The molecular weight excluding hydrogens is 374 g/mol. The molecular formula is C20H21N5O4. The van der Waals surface area contributed by atoms with Gasteiger partial charge in [-0.2, -0.15) is 0 Å². The molecule has 0 fully saturated rings. The second-order valence-electron chi connectivity index (χ2n) is 6.43. The van der Waals surface area contributed by atoms with Crippen LogP contribution in [0.15, 0.2) is 36.7 Å². The van der Waals surface area contributed by atoms with E-state index in [1.807, 2.05) is 0 Å². The molecule has 0 spiro atoms. The van der Waals surface area contributed by atoms with Gasteiger partial charge in [0.1, 0.15) is 17.9 Å². The van der Waals surface area contributed by atoms with E-state index in [9.17, 15) is 14.4 Å². The molecule has 2 aromatic heterocycles. The van der Waals surface area contributed by atoms with Crippen molar-refractivity contribution in [3.05, 3.63) is 53.6 Å². The monoisotopic (exact) mass is 395 g/mol. The Morgan fingerprint density at radius 3 is 2.69 bits per heavy atom. The van der Waals surface area contributed by atoms with Gasteiger partial charge in [0, 0.05) is 18.7 Å². The van der Waals surface area contributed by atoms with Crippen molar-refractivity contribution in [1.82, 2.24) is 14.4 Å². The van der Waals surface area contributed by atoms with E-state index in [1.54, 1.807) is 24.3 Å². The summed E-state index contributed by atoms with van der Waals surface area (Å²) < 4.78 is 6.60. The second-order valence-corrected chi connectivity index (χ2v) is 6.43. The third kappa shape index (κ3) is 4.40. The normalized spacial score (nSPS) is 10.7. The van der Waals surface area contributed by atoms with Gasteiger partial charge in [0.05, 0.1) is 5.56 Å².